The van der Waals surface area contributed by atoms with Gasteiger partial charge in [-0.25, -0.2) is 4.79 Å². The van der Waals surface area contributed by atoms with Crippen LogP contribution in [0.5, 0.6) is 0 Å². The van der Waals surface area contributed by atoms with E-state index in [0.29, 0.717) is 18.4 Å². The molecule has 0 saturated heterocycles. The Balaban J connectivity index is 1.19. The van der Waals surface area contributed by atoms with Gasteiger partial charge in [-0.1, -0.05) is 75.6 Å². The van der Waals surface area contributed by atoms with Crippen LogP contribution in [0.4, 0.5) is 0 Å². The largest absolute Gasteiger partial charge is 0.459 e. The highest BCUT2D eigenvalue weighted by Gasteiger charge is 2.28. The molecule has 6 nitrogen and oxygen atoms in total. The number of fused-ring (bicyclic) bond motifs is 1. The van der Waals surface area contributed by atoms with Crippen molar-refractivity contribution in [3.8, 4) is 0 Å². The van der Waals surface area contributed by atoms with E-state index in [1.165, 1.54) is 44.1 Å². The van der Waals surface area contributed by atoms with Crippen LogP contribution < -0.4 is 5.32 Å². The highest BCUT2D eigenvalue weighted by Crippen LogP contribution is 2.33. The van der Waals surface area contributed by atoms with E-state index >= 15 is 0 Å². The lowest BCUT2D eigenvalue weighted by Gasteiger charge is -2.30. The Kier molecular flexibility index (Phi) is 13.2. The van der Waals surface area contributed by atoms with Crippen LogP contribution >= 0.6 is 11.3 Å². The fourth-order valence-electron chi connectivity index (χ4n) is 5.96. The molecule has 1 N–H and O–H groups in total. The lowest BCUT2D eigenvalue weighted by atomic mass is 9.79. The summed E-state index contributed by atoms with van der Waals surface area (Å²) >= 11 is 1.56. The average Bonchev–Trinajstić information content (AvgIpc) is 3.43. The van der Waals surface area contributed by atoms with Gasteiger partial charge in [0.15, 0.2) is 12.1 Å². The van der Waals surface area contributed by atoms with Crippen molar-refractivity contribution >= 4 is 33.2 Å². The number of thiophene rings is 1. The molecule has 7 heteroatoms. The van der Waals surface area contributed by atoms with Crippen molar-refractivity contribution in [2.75, 3.05) is 19.8 Å². The summed E-state index contributed by atoms with van der Waals surface area (Å²) < 4.78 is 18.1. The molecule has 1 aromatic heterocycles. The Labute approximate surface area is 274 Å². The Morgan fingerprint density at radius 3 is 2.33 bits per heavy atom. The van der Waals surface area contributed by atoms with Gasteiger partial charge < -0.3 is 19.5 Å². The second-order valence-electron chi connectivity index (χ2n) is 14.1. The maximum absolute atomic E-state index is 13.0. The first-order valence-corrected chi connectivity index (χ1v) is 17.6. The standard InChI is InChI=1S/C38H53NO5S/c1-26(2)24-42-27(3)43-25-33(40)35-22-32-20-19-29(21-34(32)45-35)12-10-11-28-15-17-30(18-16-28)23-39-36(31-13-8-7-9-14-31)37(41)44-38(4,5)6/h7-9,13-14,19-22,26-28,30,36,39H,10-12,15-18,23-25H2,1-6H3/t27?,28?,30?,36-/m0/s1. The minimum atomic E-state index is -0.516. The average molecular weight is 636 g/mol. The minimum absolute atomic E-state index is 0.00368. The van der Waals surface area contributed by atoms with Gasteiger partial charge in [-0.3, -0.25) is 4.79 Å². The number of Topliss-reactive ketones (excluding diaryl/α,β-unsaturated/α-hetero) is 1. The number of ketones is 1. The van der Waals surface area contributed by atoms with Gasteiger partial charge in [0.1, 0.15) is 18.2 Å². The molecule has 0 amide bonds. The molecule has 45 heavy (non-hydrogen) atoms. The lowest BCUT2D eigenvalue weighted by Crippen LogP contribution is -2.37. The summed E-state index contributed by atoms with van der Waals surface area (Å²) in [7, 11) is 0. The van der Waals surface area contributed by atoms with Crippen molar-refractivity contribution in [3.05, 3.63) is 70.6 Å². The quantitative estimate of drug-likeness (QED) is 0.0963. The van der Waals surface area contributed by atoms with Crippen LogP contribution in [-0.2, 0) is 25.4 Å². The molecule has 0 radical (unpaired) electrons. The summed E-state index contributed by atoms with van der Waals surface area (Å²) in [6.07, 6.45) is 7.95. The molecule has 2 aromatic carbocycles. The first-order valence-electron chi connectivity index (χ1n) is 16.8. The third kappa shape index (κ3) is 11.6. The van der Waals surface area contributed by atoms with E-state index in [9.17, 15) is 9.59 Å². The molecule has 3 aromatic rings. The molecule has 0 spiro atoms. The SMILES string of the molecule is CC(C)COC(C)OCC(=O)c1cc2ccc(CCCC3CCC(CN[C@H](C(=O)OC(C)(C)C)c4ccccc4)CC3)cc2s1. The molecule has 0 bridgehead atoms. The van der Waals surface area contributed by atoms with Gasteiger partial charge in [0, 0.05) is 4.70 Å². The van der Waals surface area contributed by atoms with E-state index < -0.39 is 11.6 Å². The van der Waals surface area contributed by atoms with Gasteiger partial charge in [0.2, 0.25) is 0 Å². The topological polar surface area (TPSA) is 73.9 Å². The van der Waals surface area contributed by atoms with Crippen molar-refractivity contribution in [3.63, 3.8) is 0 Å². The van der Waals surface area contributed by atoms with Crippen LogP contribution in [0.2, 0.25) is 0 Å². The second kappa shape index (κ2) is 16.8. The molecule has 1 aliphatic carbocycles. The third-order valence-electron chi connectivity index (χ3n) is 8.40. The summed E-state index contributed by atoms with van der Waals surface area (Å²) in [5, 5.41) is 4.66. The van der Waals surface area contributed by atoms with Crippen LogP contribution in [0, 0.1) is 17.8 Å². The number of nitrogens with one attached hydrogen (secondary N) is 1. The van der Waals surface area contributed by atoms with E-state index in [1.54, 1.807) is 11.3 Å². The smallest absolute Gasteiger partial charge is 0.328 e. The van der Waals surface area contributed by atoms with E-state index in [0.717, 1.165) is 39.4 Å². The molecule has 1 saturated carbocycles. The van der Waals surface area contributed by atoms with Crippen LogP contribution in [0.15, 0.2) is 54.6 Å². The fraction of sp³-hybridized carbons (Fsp3) is 0.579. The van der Waals surface area contributed by atoms with Crippen LogP contribution in [0.1, 0.15) is 107 Å². The van der Waals surface area contributed by atoms with Gasteiger partial charge >= 0.3 is 5.97 Å². The predicted octanol–water partition coefficient (Wildman–Crippen LogP) is 8.92. The van der Waals surface area contributed by atoms with Crippen molar-refractivity contribution in [1.29, 1.82) is 0 Å². The molecular formula is C38H53NO5S. The second-order valence-corrected chi connectivity index (χ2v) is 15.2. The number of rotatable bonds is 16. The number of carbonyl (C=O) groups is 2. The van der Waals surface area contributed by atoms with Gasteiger partial charge in [0.05, 0.1) is 11.5 Å². The molecule has 246 valence electrons. The summed E-state index contributed by atoms with van der Waals surface area (Å²) in [4.78, 5) is 26.5. The molecule has 1 fully saturated rings. The van der Waals surface area contributed by atoms with Gasteiger partial charge in [-0.15, -0.1) is 11.3 Å². The molecule has 1 heterocycles. The molecule has 4 rings (SSSR count). The Hall–Kier alpha value is -2.58. The zero-order valence-electron chi connectivity index (χ0n) is 28.1. The van der Waals surface area contributed by atoms with Gasteiger partial charge in [-0.2, -0.15) is 0 Å². The number of ether oxygens (including phenoxy) is 3. The normalized spacial score (nSPS) is 18.6. The van der Waals surface area contributed by atoms with Crippen molar-refractivity contribution in [2.24, 2.45) is 17.8 Å². The minimum Gasteiger partial charge on any atom is -0.459 e. The number of aryl methyl sites for hydroxylation is 1. The Morgan fingerprint density at radius 2 is 1.64 bits per heavy atom. The third-order valence-corrected chi connectivity index (χ3v) is 9.54. The van der Waals surface area contributed by atoms with Gasteiger partial charge in [-0.05, 0) is 106 Å². The highest BCUT2D eigenvalue weighted by atomic mass is 32.1. The maximum Gasteiger partial charge on any atom is 0.328 e. The number of carbonyl (C=O) groups excluding carboxylic acids is 2. The summed E-state index contributed by atoms with van der Waals surface area (Å²) in [6, 6.07) is 18.1. The van der Waals surface area contributed by atoms with Crippen LogP contribution in [0.3, 0.4) is 0 Å². The summed E-state index contributed by atoms with van der Waals surface area (Å²) in [6.45, 7) is 13.2. The number of benzene rings is 2. The van der Waals surface area contributed by atoms with Gasteiger partial charge in [0.25, 0.3) is 0 Å². The molecule has 0 aliphatic heterocycles. The van der Waals surface area contributed by atoms with Crippen molar-refractivity contribution in [1.82, 2.24) is 5.32 Å². The predicted molar refractivity (Wildman–Crippen MR) is 184 cm³/mol. The van der Waals surface area contributed by atoms with Crippen molar-refractivity contribution < 1.29 is 23.8 Å². The number of hydrogen-bond acceptors (Lipinski definition) is 7. The van der Waals surface area contributed by atoms with Crippen LogP contribution in [0.25, 0.3) is 10.1 Å². The zero-order valence-corrected chi connectivity index (χ0v) is 28.9. The lowest BCUT2D eigenvalue weighted by molar-refractivity contribution is -0.157. The molecular weight excluding hydrogens is 582 g/mol. The first kappa shape index (κ1) is 35.3. The number of hydrogen-bond donors (Lipinski definition) is 1. The maximum atomic E-state index is 13.0. The molecule has 1 aliphatic rings. The monoisotopic (exact) mass is 635 g/mol. The van der Waals surface area contributed by atoms with E-state index in [4.69, 9.17) is 14.2 Å². The molecule has 2 atom stereocenters. The number of esters is 1. The van der Waals surface area contributed by atoms with Crippen LogP contribution in [-0.4, -0.2) is 43.4 Å². The summed E-state index contributed by atoms with van der Waals surface area (Å²) in [5.41, 5.74) is 1.77. The van der Waals surface area contributed by atoms with E-state index in [2.05, 4.69) is 37.4 Å². The molecule has 1 unspecified atom stereocenters. The Bertz CT molecular complexity index is 1350. The highest BCUT2D eigenvalue weighted by molar-refractivity contribution is 7.20. The fourth-order valence-corrected chi connectivity index (χ4v) is 7.01. The Morgan fingerprint density at radius 1 is 0.933 bits per heavy atom. The van der Waals surface area contributed by atoms with Crippen molar-refractivity contribution in [2.45, 2.75) is 104 Å². The zero-order chi connectivity index (χ0) is 32.4. The first-order chi connectivity index (χ1) is 21.5. The van der Waals surface area contributed by atoms with E-state index in [-0.39, 0.29) is 24.6 Å². The summed E-state index contributed by atoms with van der Waals surface area (Å²) in [5.74, 6) is 1.56. The van der Waals surface area contributed by atoms with E-state index in [1.807, 2.05) is 64.1 Å².